The van der Waals surface area contributed by atoms with Crippen LogP contribution in [0.4, 0.5) is 5.13 Å². The molecule has 0 aliphatic heterocycles. The first-order chi connectivity index (χ1) is 13.0. The normalized spacial score (nSPS) is 13.9. The van der Waals surface area contributed by atoms with Gasteiger partial charge >= 0.3 is 0 Å². The maximum Gasteiger partial charge on any atom is 0.259 e. The molecular formula is C18H21N5O2S2. The van der Waals surface area contributed by atoms with E-state index in [1.807, 2.05) is 13.8 Å². The Morgan fingerprint density at radius 2 is 2.07 bits per heavy atom. The molecule has 0 radical (unpaired) electrons. The number of amides is 1. The lowest BCUT2D eigenvalue weighted by Crippen LogP contribution is -2.16. The summed E-state index contributed by atoms with van der Waals surface area (Å²) in [4.78, 5) is 38.6. The van der Waals surface area contributed by atoms with E-state index in [-0.39, 0.29) is 23.8 Å². The number of aryl methyl sites for hydroxylation is 3. The number of H-pyrrole nitrogens is 1. The standard InChI is InChI=1S/C18H21N5O2S2/c1-9(2)15-22-18(27-23-15)21-13(24)8-7-12-19-16(25)14-10-5-3-4-6-11(10)26-17(14)20-12/h9H,3-8H2,1-2H3,(H,19,20,25)(H,21,22,23,24). The van der Waals surface area contributed by atoms with Crippen LogP contribution < -0.4 is 10.9 Å². The zero-order chi connectivity index (χ0) is 19.0. The van der Waals surface area contributed by atoms with Gasteiger partial charge in [0.2, 0.25) is 11.0 Å². The minimum absolute atomic E-state index is 0.0829. The van der Waals surface area contributed by atoms with Crippen molar-refractivity contribution < 1.29 is 4.79 Å². The van der Waals surface area contributed by atoms with Gasteiger partial charge < -0.3 is 10.3 Å². The smallest absolute Gasteiger partial charge is 0.259 e. The number of carbonyl (C=O) groups excluding carboxylic acids is 1. The Bertz CT molecular complexity index is 1050. The average molecular weight is 404 g/mol. The molecule has 142 valence electrons. The van der Waals surface area contributed by atoms with E-state index in [4.69, 9.17) is 0 Å². The highest BCUT2D eigenvalue weighted by molar-refractivity contribution is 7.18. The van der Waals surface area contributed by atoms with E-state index in [0.29, 0.717) is 17.4 Å². The van der Waals surface area contributed by atoms with Crippen LogP contribution in [0.3, 0.4) is 0 Å². The van der Waals surface area contributed by atoms with Gasteiger partial charge in [0.25, 0.3) is 5.56 Å². The fraction of sp³-hybridized carbons (Fsp3) is 0.500. The lowest BCUT2D eigenvalue weighted by Gasteiger charge is -2.09. The van der Waals surface area contributed by atoms with Crippen molar-refractivity contribution in [3.8, 4) is 0 Å². The minimum Gasteiger partial charge on any atom is -0.310 e. The second-order valence-corrected chi connectivity index (χ2v) is 8.90. The largest absolute Gasteiger partial charge is 0.310 e. The number of anilines is 1. The van der Waals surface area contributed by atoms with E-state index in [1.165, 1.54) is 28.4 Å². The Labute approximate surface area is 164 Å². The van der Waals surface area contributed by atoms with Crippen molar-refractivity contribution >= 4 is 44.1 Å². The fourth-order valence-corrected chi connectivity index (χ4v) is 5.27. The number of aromatic nitrogens is 4. The first-order valence-electron chi connectivity index (χ1n) is 9.18. The third kappa shape index (κ3) is 3.79. The highest BCUT2D eigenvalue weighted by Gasteiger charge is 2.20. The molecule has 3 heterocycles. The predicted molar refractivity (Wildman–Crippen MR) is 108 cm³/mol. The molecule has 0 aromatic carbocycles. The quantitative estimate of drug-likeness (QED) is 0.680. The summed E-state index contributed by atoms with van der Waals surface area (Å²) in [5, 5.41) is 4.02. The van der Waals surface area contributed by atoms with E-state index in [2.05, 4.69) is 24.6 Å². The number of aromatic amines is 1. The monoisotopic (exact) mass is 403 g/mol. The third-order valence-electron chi connectivity index (χ3n) is 4.67. The molecule has 0 bridgehead atoms. The molecule has 0 spiro atoms. The van der Waals surface area contributed by atoms with Crippen molar-refractivity contribution in [3.05, 3.63) is 32.4 Å². The molecule has 3 aromatic heterocycles. The summed E-state index contributed by atoms with van der Waals surface area (Å²) >= 11 is 2.80. The Morgan fingerprint density at radius 3 is 2.85 bits per heavy atom. The van der Waals surface area contributed by atoms with Crippen LogP contribution >= 0.6 is 22.9 Å². The molecule has 0 atom stereocenters. The Morgan fingerprint density at radius 1 is 1.26 bits per heavy atom. The van der Waals surface area contributed by atoms with Crippen molar-refractivity contribution in [1.82, 2.24) is 19.3 Å². The number of nitrogens with zero attached hydrogens (tertiary/aromatic N) is 3. The molecule has 9 heteroatoms. The summed E-state index contributed by atoms with van der Waals surface area (Å²) in [7, 11) is 0. The molecule has 7 nitrogen and oxygen atoms in total. The van der Waals surface area contributed by atoms with Crippen molar-refractivity contribution in [2.75, 3.05) is 5.32 Å². The maximum atomic E-state index is 12.5. The summed E-state index contributed by atoms with van der Waals surface area (Å²) < 4.78 is 4.22. The molecule has 1 aliphatic carbocycles. The number of thiophene rings is 1. The van der Waals surface area contributed by atoms with Crippen molar-refractivity contribution in [2.45, 2.75) is 58.3 Å². The fourth-order valence-electron chi connectivity index (χ4n) is 3.26. The van der Waals surface area contributed by atoms with Crippen molar-refractivity contribution in [2.24, 2.45) is 0 Å². The zero-order valence-electron chi connectivity index (χ0n) is 15.3. The molecule has 4 rings (SSSR count). The van der Waals surface area contributed by atoms with Gasteiger partial charge in [-0.1, -0.05) is 13.8 Å². The molecule has 1 amide bonds. The molecule has 0 saturated heterocycles. The highest BCUT2D eigenvalue weighted by Crippen LogP contribution is 2.33. The minimum atomic E-state index is -0.158. The highest BCUT2D eigenvalue weighted by atomic mass is 32.1. The molecule has 0 unspecified atom stereocenters. The number of rotatable bonds is 5. The lowest BCUT2D eigenvalue weighted by molar-refractivity contribution is -0.116. The van der Waals surface area contributed by atoms with Gasteiger partial charge in [-0.2, -0.15) is 4.37 Å². The number of hydrogen-bond acceptors (Lipinski definition) is 7. The molecule has 1 aliphatic rings. The summed E-state index contributed by atoms with van der Waals surface area (Å²) in [6.07, 6.45) is 4.92. The van der Waals surface area contributed by atoms with Crippen LogP contribution in [0.15, 0.2) is 4.79 Å². The van der Waals surface area contributed by atoms with Gasteiger partial charge in [0, 0.05) is 35.2 Å². The van der Waals surface area contributed by atoms with Gasteiger partial charge in [-0.05, 0) is 31.2 Å². The third-order valence-corrected chi connectivity index (χ3v) is 6.50. The topological polar surface area (TPSA) is 101 Å². The first kappa shape index (κ1) is 18.2. The van der Waals surface area contributed by atoms with Crippen LogP contribution in [0.1, 0.15) is 61.1 Å². The van der Waals surface area contributed by atoms with Gasteiger partial charge in [-0.15, -0.1) is 11.3 Å². The van der Waals surface area contributed by atoms with Gasteiger partial charge in [0.1, 0.15) is 16.5 Å². The van der Waals surface area contributed by atoms with E-state index < -0.39 is 0 Å². The molecule has 2 N–H and O–H groups in total. The zero-order valence-corrected chi connectivity index (χ0v) is 16.9. The van der Waals surface area contributed by atoms with Crippen molar-refractivity contribution in [1.29, 1.82) is 0 Å². The van der Waals surface area contributed by atoms with Gasteiger partial charge in [0.05, 0.1) is 5.39 Å². The SMILES string of the molecule is CC(C)c1nsc(NC(=O)CCc2nc3sc4c(c3c(=O)[nH]2)CCCC4)n1. The lowest BCUT2D eigenvalue weighted by atomic mass is 9.97. The second kappa shape index (κ2) is 7.47. The average Bonchev–Trinajstić information content (AvgIpc) is 3.24. The Balaban J connectivity index is 1.45. The predicted octanol–water partition coefficient (Wildman–Crippen LogP) is 3.41. The number of hydrogen-bond donors (Lipinski definition) is 2. The van der Waals surface area contributed by atoms with Crippen LogP contribution in [-0.4, -0.2) is 25.2 Å². The summed E-state index contributed by atoms with van der Waals surface area (Å²) in [6.45, 7) is 4.02. The molecule has 0 fully saturated rings. The van der Waals surface area contributed by atoms with E-state index in [1.54, 1.807) is 11.3 Å². The maximum absolute atomic E-state index is 12.5. The second-order valence-electron chi connectivity index (χ2n) is 7.06. The molecular weight excluding hydrogens is 382 g/mol. The number of nitrogens with one attached hydrogen (secondary N) is 2. The Hall–Kier alpha value is -2.13. The number of fused-ring (bicyclic) bond motifs is 3. The van der Waals surface area contributed by atoms with E-state index in [0.717, 1.165) is 35.3 Å². The summed E-state index contributed by atoms with van der Waals surface area (Å²) in [5.74, 6) is 1.36. The van der Waals surface area contributed by atoms with Crippen LogP contribution in [0, 0.1) is 0 Å². The van der Waals surface area contributed by atoms with Crippen LogP contribution in [0.25, 0.3) is 10.2 Å². The van der Waals surface area contributed by atoms with Crippen LogP contribution in [0.2, 0.25) is 0 Å². The van der Waals surface area contributed by atoms with E-state index >= 15 is 0 Å². The van der Waals surface area contributed by atoms with Gasteiger partial charge in [0.15, 0.2) is 0 Å². The van der Waals surface area contributed by atoms with Gasteiger partial charge in [-0.25, -0.2) is 9.97 Å². The van der Waals surface area contributed by atoms with Crippen molar-refractivity contribution in [3.63, 3.8) is 0 Å². The molecule has 3 aromatic rings. The van der Waals surface area contributed by atoms with Crippen LogP contribution in [0.5, 0.6) is 0 Å². The number of carbonyl (C=O) groups is 1. The van der Waals surface area contributed by atoms with Crippen LogP contribution in [-0.2, 0) is 24.1 Å². The summed E-state index contributed by atoms with van der Waals surface area (Å²) in [5.41, 5.74) is 1.09. The Kier molecular flexibility index (Phi) is 5.05. The van der Waals surface area contributed by atoms with Gasteiger partial charge in [-0.3, -0.25) is 9.59 Å². The molecule has 27 heavy (non-hydrogen) atoms. The summed E-state index contributed by atoms with van der Waals surface area (Å²) in [6, 6.07) is 0. The molecule has 0 saturated carbocycles. The first-order valence-corrected chi connectivity index (χ1v) is 10.8. The van der Waals surface area contributed by atoms with E-state index in [9.17, 15) is 9.59 Å².